The van der Waals surface area contributed by atoms with Crippen molar-refractivity contribution < 1.29 is 14.2 Å². The maximum atomic E-state index is 5.46. The van der Waals surface area contributed by atoms with E-state index >= 15 is 0 Å². The first-order chi connectivity index (χ1) is 6.24. The van der Waals surface area contributed by atoms with Crippen LogP contribution in [0.3, 0.4) is 0 Å². The second-order valence-electron chi connectivity index (χ2n) is 3.14. The molecular weight excluding hydrogens is 168 g/mol. The largest absolute Gasteiger partial charge is 0.382 e. The lowest BCUT2D eigenvalue weighted by Gasteiger charge is -2.29. The minimum absolute atomic E-state index is 0.103. The van der Waals surface area contributed by atoms with E-state index in [1.54, 1.807) is 14.2 Å². The van der Waals surface area contributed by atoms with E-state index in [1.807, 2.05) is 0 Å². The molecule has 0 aliphatic carbocycles. The van der Waals surface area contributed by atoms with Crippen LogP contribution in [0.25, 0.3) is 0 Å². The molecule has 0 rings (SSSR count). The Labute approximate surface area is 81.4 Å². The Morgan fingerprint density at radius 3 is 2.00 bits per heavy atom. The molecule has 0 spiro atoms. The summed E-state index contributed by atoms with van der Waals surface area (Å²) in [5.74, 6) is 0. The monoisotopic (exact) mass is 190 g/mol. The van der Waals surface area contributed by atoms with Crippen molar-refractivity contribution in [3.63, 3.8) is 0 Å². The molecule has 0 aromatic rings. The molecule has 0 N–H and O–H groups in total. The molecule has 13 heavy (non-hydrogen) atoms. The van der Waals surface area contributed by atoms with Gasteiger partial charge in [-0.3, -0.25) is 0 Å². The maximum Gasteiger partial charge on any atom is 0.0905 e. The van der Waals surface area contributed by atoms with Gasteiger partial charge in [0.2, 0.25) is 0 Å². The number of rotatable bonds is 8. The third-order valence-electron chi connectivity index (χ3n) is 2.52. The summed E-state index contributed by atoms with van der Waals surface area (Å²) in [6.45, 7) is 6.17. The molecule has 0 aromatic heterocycles. The van der Waals surface area contributed by atoms with E-state index in [4.69, 9.17) is 14.2 Å². The first kappa shape index (κ1) is 12.9. The molecule has 0 saturated heterocycles. The van der Waals surface area contributed by atoms with Gasteiger partial charge in [-0.25, -0.2) is 0 Å². The summed E-state index contributed by atoms with van der Waals surface area (Å²) in [5.41, 5.74) is -0.103. The molecule has 0 aliphatic rings. The lowest BCUT2D eigenvalue weighted by Crippen LogP contribution is -2.35. The number of ether oxygens (including phenoxy) is 3. The predicted molar refractivity (Wildman–Crippen MR) is 53.0 cm³/mol. The molecule has 0 unspecified atom stereocenters. The summed E-state index contributed by atoms with van der Waals surface area (Å²) in [5, 5.41) is 0. The van der Waals surface area contributed by atoms with Gasteiger partial charge >= 0.3 is 0 Å². The Morgan fingerprint density at radius 2 is 1.62 bits per heavy atom. The Kier molecular flexibility index (Phi) is 7.23. The van der Waals surface area contributed by atoms with Crippen molar-refractivity contribution >= 4 is 0 Å². The maximum absolute atomic E-state index is 5.46. The standard InChI is InChI=1S/C10H22O3/c1-5-10(6-2,12-4)9-13-8-7-11-3/h5-9H2,1-4H3. The van der Waals surface area contributed by atoms with Crippen LogP contribution in [0, 0.1) is 0 Å². The minimum atomic E-state index is -0.103. The first-order valence-electron chi connectivity index (χ1n) is 4.86. The third kappa shape index (κ3) is 4.60. The van der Waals surface area contributed by atoms with Crippen LogP contribution in [0.1, 0.15) is 26.7 Å². The molecule has 0 bridgehead atoms. The molecule has 0 atom stereocenters. The molecule has 0 radical (unpaired) electrons. The van der Waals surface area contributed by atoms with Gasteiger partial charge in [0.1, 0.15) is 0 Å². The predicted octanol–water partition coefficient (Wildman–Crippen LogP) is 1.85. The van der Waals surface area contributed by atoms with Crippen molar-refractivity contribution in [2.75, 3.05) is 34.0 Å². The molecule has 0 aromatic carbocycles. The lowest BCUT2D eigenvalue weighted by molar-refractivity contribution is -0.0853. The van der Waals surface area contributed by atoms with Crippen molar-refractivity contribution in [3.8, 4) is 0 Å². The zero-order valence-electron chi connectivity index (χ0n) is 9.26. The highest BCUT2D eigenvalue weighted by Crippen LogP contribution is 2.19. The quantitative estimate of drug-likeness (QED) is 0.547. The molecule has 0 fully saturated rings. The fraction of sp³-hybridized carbons (Fsp3) is 1.00. The minimum Gasteiger partial charge on any atom is -0.382 e. The summed E-state index contributed by atoms with van der Waals surface area (Å²) >= 11 is 0. The molecule has 0 amide bonds. The van der Waals surface area contributed by atoms with Gasteiger partial charge in [-0.05, 0) is 12.8 Å². The highest BCUT2D eigenvalue weighted by Gasteiger charge is 2.25. The van der Waals surface area contributed by atoms with Crippen LogP contribution in [0.2, 0.25) is 0 Å². The van der Waals surface area contributed by atoms with Crippen molar-refractivity contribution in [1.29, 1.82) is 0 Å². The number of hydrogen-bond acceptors (Lipinski definition) is 3. The SMILES string of the molecule is CCC(CC)(COCCOC)OC. The summed E-state index contributed by atoms with van der Waals surface area (Å²) < 4.78 is 15.8. The second kappa shape index (κ2) is 7.30. The zero-order valence-corrected chi connectivity index (χ0v) is 9.26. The van der Waals surface area contributed by atoms with Gasteiger partial charge in [0.15, 0.2) is 0 Å². The van der Waals surface area contributed by atoms with Gasteiger partial charge in [0.25, 0.3) is 0 Å². The Hall–Kier alpha value is -0.120. The van der Waals surface area contributed by atoms with Gasteiger partial charge in [-0.15, -0.1) is 0 Å². The van der Waals surface area contributed by atoms with Crippen molar-refractivity contribution in [2.45, 2.75) is 32.3 Å². The van der Waals surface area contributed by atoms with Gasteiger partial charge in [-0.2, -0.15) is 0 Å². The first-order valence-corrected chi connectivity index (χ1v) is 4.86. The van der Waals surface area contributed by atoms with Crippen LogP contribution in [-0.2, 0) is 14.2 Å². The van der Waals surface area contributed by atoms with E-state index in [0.717, 1.165) is 12.8 Å². The molecule has 0 aliphatic heterocycles. The average Bonchev–Trinajstić information content (AvgIpc) is 2.20. The highest BCUT2D eigenvalue weighted by molar-refractivity contribution is 4.76. The summed E-state index contributed by atoms with van der Waals surface area (Å²) in [6.07, 6.45) is 1.96. The van der Waals surface area contributed by atoms with E-state index in [2.05, 4.69) is 13.8 Å². The second-order valence-corrected chi connectivity index (χ2v) is 3.14. The Morgan fingerprint density at radius 1 is 1.00 bits per heavy atom. The number of hydrogen-bond donors (Lipinski definition) is 0. The van der Waals surface area contributed by atoms with E-state index in [1.165, 1.54) is 0 Å². The lowest BCUT2D eigenvalue weighted by atomic mass is 9.98. The van der Waals surface area contributed by atoms with Gasteiger partial charge in [0, 0.05) is 14.2 Å². The zero-order chi connectivity index (χ0) is 10.2. The molecule has 3 heteroatoms. The summed E-state index contributed by atoms with van der Waals surface area (Å²) in [7, 11) is 3.42. The van der Waals surface area contributed by atoms with Crippen LogP contribution in [0.15, 0.2) is 0 Å². The van der Waals surface area contributed by atoms with E-state index < -0.39 is 0 Å². The van der Waals surface area contributed by atoms with Crippen LogP contribution in [0.4, 0.5) is 0 Å². The molecule has 0 saturated carbocycles. The molecule has 0 heterocycles. The van der Waals surface area contributed by atoms with Crippen molar-refractivity contribution in [1.82, 2.24) is 0 Å². The normalized spacial score (nSPS) is 12.0. The van der Waals surface area contributed by atoms with Gasteiger partial charge in [0.05, 0.1) is 25.4 Å². The summed E-state index contributed by atoms with van der Waals surface area (Å²) in [6, 6.07) is 0. The Balaban J connectivity index is 3.68. The molecular formula is C10H22O3. The van der Waals surface area contributed by atoms with E-state index in [9.17, 15) is 0 Å². The van der Waals surface area contributed by atoms with Crippen LogP contribution in [0.5, 0.6) is 0 Å². The van der Waals surface area contributed by atoms with E-state index in [0.29, 0.717) is 19.8 Å². The van der Waals surface area contributed by atoms with Crippen LogP contribution >= 0.6 is 0 Å². The van der Waals surface area contributed by atoms with Gasteiger partial charge < -0.3 is 14.2 Å². The van der Waals surface area contributed by atoms with Crippen LogP contribution < -0.4 is 0 Å². The van der Waals surface area contributed by atoms with Crippen molar-refractivity contribution in [3.05, 3.63) is 0 Å². The van der Waals surface area contributed by atoms with Crippen LogP contribution in [-0.4, -0.2) is 39.6 Å². The fourth-order valence-corrected chi connectivity index (χ4v) is 1.20. The number of methoxy groups -OCH3 is 2. The molecule has 80 valence electrons. The van der Waals surface area contributed by atoms with Gasteiger partial charge in [-0.1, -0.05) is 13.8 Å². The van der Waals surface area contributed by atoms with E-state index in [-0.39, 0.29) is 5.60 Å². The topological polar surface area (TPSA) is 27.7 Å². The Bertz CT molecular complexity index is 102. The highest BCUT2D eigenvalue weighted by atomic mass is 16.5. The third-order valence-corrected chi connectivity index (χ3v) is 2.52. The van der Waals surface area contributed by atoms with Crippen molar-refractivity contribution in [2.24, 2.45) is 0 Å². The average molecular weight is 190 g/mol. The smallest absolute Gasteiger partial charge is 0.0905 e. The fourth-order valence-electron chi connectivity index (χ4n) is 1.20. The molecule has 3 nitrogen and oxygen atoms in total. The summed E-state index contributed by atoms with van der Waals surface area (Å²) in [4.78, 5) is 0.